The average Bonchev–Trinajstić information content (AvgIpc) is 2.15. The van der Waals surface area contributed by atoms with E-state index in [4.69, 9.17) is 0 Å². The Morgan fingerprint density at radius 3 is 3.07 bits per heavy atom. The molecule has 2 N–H and O–H groups in total. The van der Waals surface area contributed by atoms with Gasteiger partial charge in [-0.2, -0.15) is 0 Å². The molecule has 1 aromatic heterocycles. The quantitative estimate of drug-likeness (QED) is 0.752. The number of rotatable bonds is 5. The molecule has 4 nitrogen and oxygen atoms in total. The van der Waals surface area contributed by atoms with Crippen LogP contribution in [0.4, 0.5) is 5.82 Å². The van der Waals surface area contributed by atoms with Gasteiger partial charge in [-0.25, -0.2) is 4.98 Å². The Morgan fingerprint density at radius 1 is 1.64 bits per heavy atom. The van der Waals surface area contributed by atoms with Crippen LogP contribution in [0.15, 0.2) is 17.2 Å². The van der Waals surface area contributed by atoms with E-state index in [0.717, 1.165) is 6.42 Å². The first-order valence-corrected chi connectivity index (χ1v) is 5.03. The number of unbranched alkanes of at least 4 members (excludes halogenated alkanes) is 1. The summed E-state index contributed by atoms with van der Waals surface area (Å²) in [6, 6.07) is 1.84. The molecule has 14 heavy (non-hydrogen) atoms. The second-order valence-corrected chi connectivity index (χ2v) is 3.48. The first-order chi connectivity index (χ1) is 6.72. The molecule has 0 bridgehead atoms. The summed E-state index contributed by atoms with van der Waals surface area (Å²) in [4.78, 5) is 17.5. The first kappa shape index (κ1) is 10.8. The van der Waals surface area contributed by atoms with E-state index in [9.17, 15) is 4.79 Å². The first-order valence-electron chi connectivity index (χ1n) is 5.03. The summed E-state index contributed by atoms with van der Waals surface area (Å²) < 4.78 is 0. The normalized spacial score (nSPS) is 12.4. The van der Waals surface area contributed by atoms with Crippen LogP contribution in [0.1, 0.15) is 33.1 Å². The minimum atomic E-state index is -0.120. The molecular weight excluding hydrogens is 178 g/mol. The van der Waals surface area contributed by atoms with Gasteiger partial charge in [-0.15, -0.1) is 0 Å². The predicted octanol–water partition coefficient (Wildman–Crippen LogP) is 1.76. The van der Waals surface area contributed by atoms with Gasteiger partial charge in [0.25, 0.3) is 5.56 Å². The van der Waals surface area contributed by atoms with Gasteiger partial charge >= 0.3 is 0 Å². The second kappa shape index (κ2) is 5.42. The molecule has 0 amide bonds. The van der Waals surface area contributed by atoms with Crippen molar-refractivity contribution in [3.05, 3.63) is 22.7 Å². The van der Waals surface area contributed by atoms with Crippen molar-refractivity contribution in [2.75, 3.05) is 5.32 Å². The highest BCUT2D eigenvalue weighted by atomic mass is 16.1. The van der Waals surface area contributed by atoms with Gasteiger partial charge in [0.1, 0.15) is 5.82 Å². The summed E-state index contributed by atoms with van der Waals surface area (Å²) in [5.41, 5.74) is -0.120. The third-order valence-electron chi connectivity index (χ3n) is 2.06. The van der Waals surface area contributed by atoms with Crippen molar-refractivity contribution in [1.82, 2.24) is 9.97 Å². The summed E-state index contributed by atoms with van der Waals surface area (Å²) in [5, 5.41) is 3.19. The van der Waals surface area contributed by atoms with E-state index in [0.29, 0.717) is 11.9 Å². The lowest BCUT2D eigenvalue weighted by Crippen LogP contribution is -2.17. The zero-order chi connectivity index (χ0) is 10.4. The van der Waals surface area contributed by atoms with Crippen LogP contribution in [0.2, 0.25) is 0 Å². The highest BCUT2D eigenvalue weighted by Gasteiger charge is 2.01. The number of aromatic amines is 1. The van der Waals surface area contributed by atoms with Crippen molar-refractivity contribution in [2.24, 2.45) is 0 Å². The van der Waals surface area contributed by atoms with Crippen molar-refractivity contribution in [3.8, 4) is 0 Å². The van der Waals surface area contributed by atoms with Crippen LogP contribution in [-0.2, 0) is 0 Å². The summed E-state index contributed by atoms with van der Waals surface area (Å²) in [5.74, 6) is 0.650. The zero-order valence-corrected chi connectivity index (χ0v) is 8.71. The van der Waals surface area contributed by atoms with Crippen molar-refractivity contribution in [3.63, 3.8) is 0 Å². The number of anilines is 1. The van der Waals surface area contributed by atoms with Crippen LogP contribution in [0.3, 0.4) is 0 Å². The van der Waals surface area contributed by atoms with E-state index < -0.39 is 0 Å². The van der Waals surface area contributed by atoms with Crippen LogP contribution in [-0.4, -0.2) is 16.0 Å². The molecule has 0 aliphatic carbocycles. The molecule has 4 heteroatoms. The summed E-state index contributed by atoms with van der Waals surface area (Å²) in [7, 11) is 0. The fraction of sp³-hybridized carbons (Fsp3) is 0.600. The molecule has 0 spiro atoms. The van der Waals surface area contributed by atoms with E-state index >= 15 is 0 Å². The van der Waals surface area contributed by atoms with Gasteiger partial charge in [0.15, 0.2) is 0 Å². The lowest BCUT2D eigenvalue weighted by atomic mass is 10.1. The fourth-order valence-electron chi connectivity index (χ4n) is 1.28. The predicted molar refractivity (Wildman–Crippen MR) is 57.5 cm³/mol. The maximum atomic E-state index is 11.0. The van der Waals surface area contributed by atoms with Crippen molar-refractivity contribution in [1.29, 1.82) is 0 Å². The zero-order valence-electron chi connectivity index (χ0n) is 8.71. The number of hydrogen-bond donors (Lipinski definition) is 2. The lowest BCUT2D eigenvalue weighted by Gasteiger charge is -2.12. The molecule has 1 aromatic rings. The molecule has 0 saturated carbocycles. The third-order valence-corrected chi connectivity index (χ3v) is 2.06. The molecule has 0 saturated heterocycles. The number of aromatic nitrogens is 2. The molecule has 0 aromatic carbocycles. The summed E-state index contributed by atoms with van der Waals surface area (Å²) in [6.45, 7) is 4.26. The van der Waals surface area contributed by atoms with E-state index in [-0.39, 0.29) is 5.56 Å². The molecule has 0 radical (unpaired) electrons. The molecule has 0 fully saturated rings. The standard InChI is InChI=1S/C10H17N3O/c1-3-4-5-8(2)13-9-6-10(14)12-7-11-9/h6-8H,3-5H2,1-2H3,(H2,11,12,13,14). The van der Waals surface area contributed by atoms with Crippen LogP contribution in [0.25, 0.3) is 0 Å². The number of hydrogen-bond acceptors (Lipinski definition) is 3. The average molecular weight is 195 g/mol. The maximum Gasteiger partial charge on any atom is 0.252 e. The Labute approximate surface area is 83.8 Å². The largest absolute Gasteiger partial charge is 0.367 e. The molecule has 0 aliphatic heterocycles. The Balaban J connectivity index is 2.47. The fourth-order valence-corrected chi connectivity index (χ4v) is 1.28. The Kier molecular flexibility index (Phi) is 4.16. The maximum absolute atomic E-state index is 11.0. The van der Waals surface area contributed by atoms with Crippen molar-refractivity contribution < 1.29 is 0 Å². The number of nitrogens with one attached hydrogen (secondary N) is 2. The lowest BCUT2D eigenvalue weighted by molar-refractivity contribution is 0.643. The van der Waals surface area contributed by atoms with Gasteiger partial charge in [-0.3, -0.25) is 4.79 Å². The van der Waals surface area contributed by atoms with Crippen LogP contribution < -0.4 is 10.9 Å². The molecule has 1 rings (SSSR count). The molecular formula is C10H17N3O. The van der Waals surface area contributed by atoms with Gasteiger partial charge in [-0.05, 0) is 13.3 Å². The molecule has 78 valence electrons. The van der Waals surface area contributed by atoms with Gasteiger partial charge < -0.3 is 10.3 Å². The molecule has 1 unspecified atom stereocenters. The van der Waals surface area contributed by atoms with Crippen LogP contribution >= 0.6 is 0 Å². The monoisotopic (exact) mass is 195 g/mol. The Hall–Kier alpha value is -1.32. The van der Waals surface area contributed by atoms with Gasteiger partial charge in [-0.1, -0.05) is 19.8 Å². The van der Waals surface area contributed by atoms with Crippen molar-refractivity contribution >= 4 is 5.82 Å². The molecule has 1 atom stereocenters. The highest BCUT2D eigenvalue weighted by molar-refractivity contribution is 5.32. The van der Waals surface area contributed by atoms with Crippen molar-refractivity contribution in [2.45, 2.75) is 39.2 Å². The second-order valence-electron chi connectivity index (χ2n) is 3.48. The third kappa shape index (κ3) is 3.60. The van der Waals surface area contributed by atoms with Gasteiger partial charge in [0.2, 0.25) is 0 Å². The van der Waals surface area contributed by atoms with Gasteiger partial charge in [0.05, 0.1) is 6.33 Å². The molecule has 1 heterocycles. The van der Waals surface area contributed by atoms with E-state index in [1.165, 1.54) is 25.2 Å². The highest BCUT2D eigenvalue weighted by Crippen LogP contribution is 2.05. The van der Waals surface area contributed by atoms with E-state index in [1.54, 1.807) is 0 Å². The van der Waals surface area contributed by atoms with Gasteiger partial charge in [0, 0.05) is 12.1 Å². The SMILES string of the molecule is CCCCC(C)Nc1cc(=O)[nH]cn1. The van der Waals surface area contributed by atoms with E-state index in [1.807, 2.05) is 0 Å². The number of H-pyrrole nitrogens is 1. The van der Waals surface area contributed by atoms with E-state index in [2.05, 4.69) is 29.1 Å². The topological polar surface area (TPSA) is 57.8 Å². The smallest absolute Gasteiger partial charge is 0.252 e. The minimum absolute atomic E-state index is 0.120. The summed E-state index contributed by atoms with van der Waals surface area (Å²) >= 11 is 0. The minimum Gasteiger partial charge on any atom is -0.367 e. The van der Waals surface area contributed by atoms with Crippen LogP contribution in [0, 0.1) is 0 Å². The Bertz CT molecular complexity index is 321. The molecule has 0 aliphatic rings. The van der Waals surface area contributed by atoms with Crippen LogP contribution in [0.5, 0.6) is 0 Å². The number of nitrogens with zero attached hydrogens (tertiary/aromatic N) is 1. The Morgan fingerprint density at radius 2 is 2.43 bits per heavy atom. The summed E-state index contributed by atoms with van der Waals surface area (Å²) in [6.07, 6.45) is 4.90.